The number of fused-ring (bicyclic) bond motifs is 1. The molecule has 0 aromatic carbocycles. The van der Waals surface area contributed by atoms with Gasteiger partial charge in [0.05, 0.1) is 12.2 Å². The topological polar surface area (TPSA) is 38.7 Å². The van der Waals surface area contributed by atoms with Crippen molar-refractivity contribution in [2.24, 2.45) is 11.8 Å². The van der Waals surface area contributed by atoms with E-state index in [0.717, 1.165) is 18.6 Å². The second-order valence-corrected chi connectivity index (χ2v) is 4.05. The highest BCUT2D eigenvalue weighted by Crippen LogP contribution is 2.52. The Morgan fingerprint density at radius 3 is 3.31 bits per heavy atom. The lowest BCUT2D eigenvalue weighted by molar-refractivity contribution is -0.122. The normalized spacial score (nSPS) is 51.5. The van der Waals surface area contributed by atoms with Crippen LogP contribution in [0, 0.1) is 11.8 Å². The van der Waals surface area contributed by atoms with Crippen molar-refractivity contribution in [1.29, 1.82) is 0 Å². The second-order valence-electron chi connectivity index (χ2n) is 4.05. The average Bonchev–Trinajstić information content (AvgIpc) is 2.69. The molecular formula is C10H14O3. The van der Waals surface area contributed by atoms with Crippen LogP contribution in [0.2, 0.25) is 0 Å². The van der Waals surface area contributed by atoms with Crippen LogP contribution in [0.15, 0.2) is 11.6 Å². The summed E-state index contributed by atoms with van der Waals surface area (Å²) in [5.41, 5.74) is 1.10. The number of aliphatic hydroxyl groups is 1. The molecule has 0 radical (unpaired) electrons. The Bertz CT molecular complexity index is 261. The lowest BCUT2D eigenvalue weighted by atomic mass is 9.97. The van der Waals surface area contributed by atoms with Crippen molar-refractivity contribution in [1.82, 2.24) is 0 Å². The molecule has 2 fully saturated rings. The molecule has 3 aliphatic rings. The number of hydrogen-bond acceptors (Lipinski definition) is 3. The predicted octanol–water partition coefficient (Wildman–Crippen LogP) is 0.685. The van der Waals surface area contributed by atoms with Crippen molar-refractivity contribution in [2.45, 2.75) is 31.8 Å². The van der Waals surface area contributed by atoms with E-state index in [9.17, 15) is 5.11 Å². The van der Waals surface area contributed by atoms with E-state index in [1.165, 1.54) is 0 Å². The minimum Gasteiger partial charge on any atom is -0.375 e. The first-order chi connectivity index (χ1) is 6.31. The summed E-state index contributed by atoms with van der Waals surface area (Å²) < 4.78 is 11.1. The summed E-state index contributed by atoms with van der Waals surface area (Å²) in [6, 6.07) is 0. The van der Waals surface area contributed by atoms with Gasteiger partial charge in [-0.3, -0.25) is 0 Å². The summed E-state index contributed by atoms with van der Waals surface area (Å²) in [5, 5.41) is 9.54. The third-order valence-corrected chi connectivity index (χ3v) is 3.43. The van der Waals surface area contributed by atoms with Crippen LogP contribution in [-0.2, 0) is 9.47 Å². The van der Waals surface area contributed by atoms with E-state index in [-0.39, 0.29) is 12.2 Å². The maximum absolute atomic E-state index is 9.54. The molecule has 5 atom stereocenters. The Hall–Kier alpha value is -0.380. The van der Waals surface area contributed by atoms with Crippen molar-refractivity contribution in [3.63, 3.8) is 0 Å². The molecule has 0 spiro atoms. The minimum atomic E-state index is -0.648. The molecule has 1 saturated heterocycles. The highest BCUT2D eigenvalue weighted by atomic mass is 16.6. The lowest BCUT2D eigenvalue weighted by Gasteiger charge is -2.22. The van der Waals surface area contributed by atoms with E-state index in [4.69, 9.17) is 9.47 Å². The maximum Gasteiger partial charge on any atom is 0.177 e. The van der Waals surface area contributed by atoms with Crippen LogP contribution in [0.3, 0.4) is 0 Å². The van der Waals surface area contributed by atoms with Gasteiger partial charge in [-0.2, -0.15) is 0 Å². The number of rotatable bonds is 2. The van der Waals surface area contributed by atoms with E-state index in [2.05, 4.69) is 6.08 Å². The molecular weight excluding hydrogens is 168 g/mol. The van der Waals surface area contributed by atoms with Crippen molar-refractivity contribution in [3.8, 4) is 0 Å². The molecule has 2 bridgehead atoms. The van der Waals surface area contributed by atoms with Gasteiger partial charge in [0, 0.05) is 18.4 Å². The molecule has 3 rings (SSSR count). The van der Waals surface area contributed by atoms with E-state index in [0.29, 0.717) is 11.8 Å². The van der Waals surface area contributed by atoms with Crippen molar-refractivity contribution in [2.75, 3.05) is 6.61 Å². The Balaban J connectivity index is 1.89. The Labute approximate surface area is 77.3 Å². The maximum atomic E-state index is 9.54. The number of hydrogen-bond donors (Lipinski definition) is 1. The summed E-state index contributed by atoms with van der Waals surface area (Å²) >= 11 is 0. The zero-order chi connectivity index (χ0) is 9.00. The quantitative estimate of drug-likeness (QED) is 0.638. The van der Waals surface area contributed by atoms with E-state index in [1.54, 1.807) is 0 Å². The van der Waals surface area contributed by atoms with Gasteiger partial charge >= 0.3 is 0 Å². The Morgan fingerprint density at radius 1 is 1.69 bits per heavy atom. The summed E-state index contributed by atoms with van der Waals surface area (Å²) in [6.07, 6.45) is 2.93. The number of ether oxygens (including phenoxy) is 2. The van der Waals surface area contributed by atoms with Gasteiger partial charge in [0.15, 0.2) is 6.29 Å². The molecule has 13 heavy (non-hydrogen) atoms. The number of aliphatic hydroxyl groups excluding tert-OH is 1. The smallest absolute Gasteiger partial charge is 0.177 e. The molecule has 0 aromatic heterocycles. The molecule has 0 aromatic rings. The summed E-state index contributed by atoms with van der Waals surface area (Å²) in [4.78, 5) is 0. The van der Waals surface area contributed by atoms with Crippen LogP contribution in [0.5, 0.6) is 0 Å². The lowest BCUT2D eigenvalue weighted by Crippen LogP contribution is -2.31. The largest absolute Gasteiger partial charge is 0.375 e. The second kappa shape index (κ2) is 2.56. The third kappa shape index (κ3) is 0.897. The zero-order valence-corrected chi connectivity index (χ0v) is 7.64. The minimum absolute atomic E-state index is 0.125. The summed E-state index contributed by atoms with van der Waals surface area (Å²) in [6.45, 7) is 2.73. The zero-order valence-electron chi connectivity index (χ0n) is 7.64. The molecule has 2 aliphatic carbocycles. The first-order valence-corrected chi connectivity index (χ1v) is 4.98. The van der Waals surface area contributed by atoms with Crippen LogP contribution in [0.25, 0.3) is 0 Å². The van der Waals surface area contributed by atoms with Gasteiger partial charge in [0.1, 0.15) is 0 Å². The monoisotopic (exact) mass is 182 g/mol. The standard InChI is InChI=1S/C10H14O3/c1-2-12-8-5-3-6-7(4-5)10(11)13-9(6)8/h4-6,8-11H,2-3H2,1H3. The van der Waals surface area contributed by atoms with E-state index in [1.807, 2.05) is 6.92 Å². The van der Waals surface area contributed by atoms with Crippen LogP contribution in [0.1, 0.15) is 13.3 Å². The fourth-order valence-electron chi connectivity index (χ4n) is 2.97. The first kappa shape index (κ1) is 7.97. The molecule has 1 N–H and O–H groups in total. The van der Waals surface area contributed by atoms with Crippen LogP contribution < -0.4 is 0 Å². The van der Waals surface area contributed by atoms with E-state index >= 15 is 0 Å². The van der Waals surface area contributed by atoms with Gasteiger partial charge in [-0.25, -0.2) is 0 Å². The fourth-order valence-corrected chi connectivity index (χ4v) is 2.97. The SMILES string of the molecule is CCOC1C2C=C3C(O)OC1C3C2. The van der Waals surface area contributed by atoms with Crippen molar-refractivity contribution < 1.29 is 14.6 Å². The predicted molar refractivity (Wildman–Crippen MR) is 46.0 cm³/mol. The Morgan fingerprint density at radius 2 is 2.54 bits per heavy atom. The first-order valence-electron chi connectivity index (χ1n) is 4.98. The van der Waals surface area contributed by atoms with Crippen LogP contribution >= 0.6 is 0 Å². The molecule has 5 unspecified atom stereocenters. The molecule has 0 amide bonds. The molecule has 3 heteroatoms. The van der Waals surface area contributed by atoms with Crippen LogP contribution in [0.4, 0.5) is 0 Å². The van der Waals surface area contributed by atoms with Gasteiger partial charge in [-0.15, -0.1) is 0 Å². The van der Waals surface area contributed by atoms with Gasteiger partial charge in [0.2, 0.25) is 0 Å². The van der Waals surface area contributed by atoms with Crippen molar-refractivity contribution >= 4 is 0 Å². The highest BCUT2D eigenvalue weighted by molar-refractivity contribution is 5.30. The van der Waals surface area contributed by atoms with Crippen LogP contribution in [-0.4, -0.2) is 30.2 Å². The van der Waals surface area contributed by atoms with Gasteiger partial charge in [-0.1, -0.05) is 6.08 Å². The van der Waals surface area contributed by atoms with E-state index < -0.39 is 6.29 Å². The molecule has 1 aliphatic heterocycles. The third-order valence-electron chi connectivity index (χ3n) is 3.43. The Kier molecular flexibility index (Phi) is 1.57. The summed E-state index contributed by atoms with van der Waals surface area (Å²) in [7, 11) is 0. The summed E-state index contributed by atoms with van der Waals surface area (Å²) in [5.74, 6) is 0.929. The van der Waals surface area contributed by atoms with Crippen molar-refractivity contribution in [3.05, 3.63) is 11.6 Å². The molecule has 1 saturated carbocycles. The van der Waals surface area contributed by atoms with Gasteiger partial charge in [0.25, 0.3) is 0 Å². The molecule has 3 nitrogen and oxygen atoms in total. The highest BCUT2D eigenvalue weighted by Gasteiger charge is 2.56. The van der Waals surface area contributed by atoms with Gasteiger partial charge in [-0.05, 0) is 18.9 Å². The van der Waals surface area contributed by atoms with Gasteiger partial charge < -0.3 is 14.6 Å². The fraction of sp³-hybridized carbons (Fsp3) is 0.800. The molecule has 72 valence electrons. The average molecular weight is 182 g/mol. The molecule has 1 heterocycles.